The van der Waals surface area contributed by atoms with Gasteiger partial charge in [0.1, 0.15) is 23.9 Å². The summed E-state index contributed by atoms with van der Waals surface area (Å²) < 4.78 is 23.8. The smallest absolute Gasteiger partial charge is 0.289 e. The van der Waals surface area contributed by atoms with Crippen LogP contribution in [0.25, 0.3) is 0 Å². The number of furan rings is 1. The second-order valence-corrected chi connectivity index (χ2v) is 5.18. The van der Waals surface area contributed by atoms with Crippen LogP contribution >= 0.6 is 0 Å². The van der Waals surface area contributed by atoms with Gasteiger partial charge in [-0.1, -0.05) is 6.92 Å². The minimum atomic E-state index is -0.314. The molecule has 0 aliphatic heterocycles. The SMILES string of the molecule is CCC(C)N(C)C(=O)c1ccc(COc2ccc(F)cc2)o1. The number of amides is 1. The molecule has 1 amide bonds. The minimum absolute atomic E-state index is 0.150. The molecule has 5 heteroatoms. The summed E-state index contributed by atoms with van der Waals surface area (Å²) in [6, 6.07) is 9.24. The van der Waals surface area contributed by atoms with E-state index in [2.05, 4.69) is 0 Å². The number of hydrogen-bond donors (Lipinski definition) is 0. The molecule has 0 aliphatic rings. The van der Waals surface area contributed by atoms with Crippen molar-refractivity contribution < 1.29 is 18.3 Å². The average molecular weight is 305 g/mol. The lowest BCUT2D eigenvalue weighted by Gasteiger charge is -2.22. The normalized spacial score (nSPS) is 12.0. The van der Waals surface area contributed by atoms with Gasteiger partial charge in [-0.25, -0.2) is 4.39 Å². The highest BCUT2D eigenvalue weighted by molar-refractivity contribution is 5.91. The number of hydrogen-bond acceptors (Lipinski definition) is 3. The Morgan fingerprint density at radius 1 is 1.27 bits per heavy atom. The number of rotatable bonds is 6. The van der Waals surface area contributed by atoms with Gasteiger partial charge in [-0.15, -0.1) is 0 Å². The quantitative estimate of drug-likeness (QED) is 0.813. The fourth-order valence-electron chi connectivity index (χ4n) is 1.90. The molecule has 1 aromatic carbocycles. The predicted octanol–water partition coefficient (Wildman–Crippen LogP) is 3.87. The Kier molecular flexibility index (Phi) is 5.20. The molecule has 22 heavy (non-hydrogen) atoms. The average Bonchev–Trinajstić information content (AvgIpc) is 3.01. The first-order valence-electron chi connectivity index (χ1n) is 7.25. The summed E-state index contributed by atoms with van der Waals surface area (Å²) in [5.74, 6) is 0.918. The molecule has 0 spiro atoms. The summed E-state index contributed by atoms with van der Waals surface area (Å²) >= 11 is 0. The largest absolute Gasteiger partial charge is 0.486 e. The number of carbonyl (C=O) groups excluding carboxylic acids is 1. The van der Waals surface area contributed by atoms with Crippen LogP contribution < -0.4 is 4.74 Å². The maximum atomic E-state index is 12.8. The van der Waals surface area contributed by atoms with Gasteiger partial charge in [0, 0.05) is 13.1 Å². The number of halogens is 1. The van der Waals surface area contributed by atoms with Crippen LogP contribution in [0.2, 0.25) is 0 Å². The van der Waals surface area contributed by atoms with E-state index in [1.54, 1.807) is 36.2 Å². The summed E-state index contributed by atoms with van der Waals surface area (Å²) in [5, 5.41) is 0. The van der Waals surface area contributed by atoms with E-state index < -0.39 is 0 Å². The molecule has 0 saturated heterocycles. The maximum absolute atomic E-state index is 12.8. The van der Waals surface area contributed by atoms with Crippen LogP contribution in [0.15, 0.2) is 40.8 Å². The first kappa shape index (κ1) is 16.1. The zero-order chi connectivity index (χ0) is 16.1. The first-order valence-corrected chi connectivity index (χ1v) is 7.25. The Morgan fingerprint density at radius 3 is 2.59 bits per heavy atom. The van der Waals surface area contributed by atoms with Crippen LogP contribution in [0.1, 0.15) is 36.6 Å². The molecule has 2 aromatic rings. The van der Waals surface area contributed by atoms with Crippen LogP contribution in [0, 0.1) is 5.82 Å². The lowest BCUT2D eigenvalue weighted by molar-refractivity contribution is 0.0704. The Balaban J connectivity index is 1.96. The monoisotopic (exact) mass is 305 g/mol. The zero-order valence-corrected chi connectivity index (χ0v) is 13.0. The van der Waals surface area contributed by atoms with Gasteiger partial charge in [-0.2, -0.15) is 0 Å². The summed E-state index contributed by atoms with van der Waals surface area (Å²) in [7, 11) is 1.76. The van der Waals surface area contributed by atoms with Crippen molar-refractivity contribution in [3.05, 3.63) is 53.7 Å². The summed E-state index contributed by atoms with van der Waals surface area (Å²) in [6.07, 6.45) is 0.878. The summed E-state index contributed by atoms with van der Waals surface area (Å²) in [6.45, 7) is 4.20. The second-order valence-electron chi connectivity index (χ2n) is 5.18. The van der Waals surface area contributed by atoms with Gasteiger partial charge in [0.25, 0.3) is 5.91 Å². The maximum Gasteiger partial charge on any atom is 0.289 e. The van der Waals surface area contributed by atoms with Crippen molar-refractivity contribution in [3.8, 4) is 5.75 Å². The van der Waals surface area contributed by atoms with E-state index in [0.717, 1.165) is 6.42 Å². The molecule has 2 rings (SSSR count). The van der Waals surface area contributed by atoms with Gasteiger partial charge >= 0.3 is 0 Å². The van der Waals surface area contributed by atoms with Gasteiger partial charge < -0.3 is 14.1 Å². The number of ether oxygens (including phenoxy) is 1. The van der Waals surface area contributed by atoms with Crippen LogP contribution in [0.5, 0.6) is 5.75 Å². The van der Waals surface area contributed by atoms with E-state index in [1.165, 1.54) is 12.1 Å². The van der Waals surface area contributed by atoms with Crippen LogP contribution in [-0.2, 0) is 6.61 Å². The van der Waals surface area contributed by atoms with E-state index in [9.17, 15) is 9.18 Å². The van der Waals surface area contributed by atoms with Gasteiger partial charge in [0.15, 0.2) is 5.76 Å². The van der Waals surface area contributed by atoms with E-state index in [4.69, 9.17) is 9.15 Å². The standard InChI is InChI=1S/C17H20FNO3/c1-4-12(2)19(3)17(20)16-10-9-15(22-16)11-21-14-7-5-13(18)6-8-14/h5-10,12H,4,11H2,1-3H3. The first-order chi connectivity index (χ1) is 10.5. The molecule has 0 radical (unpaired) electrons. The van der Waals surface area contributed by atoms with Gasteiger partial charge in [0.2, 0.25) is 0 Å². The molecule has 1 atom stereocenters. The molecular formula is C17H20FNO3. The predicted molar refractivity (Wildman–Crippen MR) is 81.3 cm³/mol. The molecule has 1 heterocycles. The van der Waals surface area contributed by atoms with Gasteiger partial charge in [-0.05, 0) is 49.7 Å². The van der Waals surface area contributed by atoms with Gasteiger partial charge in [-0.3, -0.25) is 4.79 Å². The minimum Gasteiger partial charge on any atom is -0.486 e. The molecule has 0 aliphatic carbocycles. The van der Waals surface area contributed by atoms with Crippen LogP contribution in [-0.4, -0.2) is 23.9 Å². The molecule has 1 aromatic heterocycles. The van der Waals surface area contributed by atoms with Crippen molar-refractivity contribution in [3.63, 3.8) is 0 Å². The summed E-state index contributed by atoms with van der Waals surface area (Å²) in [4.78, 5) is 13.9. The molecular weight excluding hydrogens is 285 g/mol. The molecule has 1 unspecified atom stereocenters. The van der Waals surface area contributed by atoms with E-state index in [0.29, 0.717) is 17.3 Å². The van der Waals surface area contributed by atoms with E-state index >= 15 is 0 Å². The Hall–Kier alpha value is -2.30. The van der Waals surface area contributed by atoms with E-state index in [-0.39, 0.29) is 24.4 Å². The van der Waals surface area contributed by atoms with Crippen molar-refractivity contribution in [2.75, 3.05) is 7.05 Å². The number of carbonyl (C=O) groups is 1. The lowest BCUT2D eigenvalue weighted by atomic mass is 10.2. The van der Waals surface area contributed by atoms with Gasteiger partial charge in [0.05, 0.1) is 0 Å². The molecule has 0 saturated carbocycles. The number of benzene rings is 1. The highest BCUT2D eigenvalue weighted by atomic mass is 19.1. The highest BCUT2D eigenvalue weighted by Gasteiger charge is 2.19. The molecule has 0 N–H and O–H groups in total. The van der Waals surface area contributed by atoms with Crippen molar-refractivity contribution in [2.45, 2.75) is 32.9 Å². The second kappa shape index (κ2) is 7.11. The van der Waals surface area contributed by atoms with Crippen molar-refractivity contribution in [1.29, 1.82) is 0 Å². The highest BCUT2D eigenvalue weighted by Crippen LogP contribution is 2.16. The van der Waals surface area contributed by atoms with Crippen molar-refractivity contribution in [1.82, 2.24) is 4.90 Å². The molecule has 0 fully saturated rings. The van der Waals surface area contributed by atoms with Crippen LogP contribution in [0.4, 0.5) is 4.39 Å². The third-order valence-electron chi connectivity index (χ3n) is 3.64. The fourth-order valence-corrected chi connectivity index (χ4v) is 1.90. The Morgan fingerprint density at radius 2 is 1.95 bits per heavy atom. The van der Waals surface area contributed by atoms with Crippen molar-refractivity contribution >= 4 is 5.91 Å². The van der Waals surface area contributed by atoms with Crippen molar-refractivity contribution in [2.24, 2.45) is 0 Å². The third kappa shape index (κ3) is 3.87. The number of nitrogens with zero attached hydrogens (tertiary/aromatic N) is 1. The third-order valence-corrected chi connectivity index (χ3v) is 3.64. The van der Waals surface area contributed by atoms with E-state index in [1.807, 2.05) is 13.8 Å². The van der Waals surface area contributed by atoms with Crippen LogP contribution in [0.3, 0.4) is 0 Å². The molecule has 0 bridgehead atoms. The Bertz CT molecular complexity index is 621. The zero-order valence-electron chi connectivity index (χ0n) is 13.0. The fraction of sp³-hybridized carbons (Fsp3) is 0.353. The topological polar surface area (TPSA) is 42.7 Å². The molecule has 4 nitrogen and oxygen atoms in total. The molecule has 118 valence electrons. The Labute approximate surface area is 129 Å². The lowest BCUT2D eigenvalue weighted by Crippen LogP contribution is -2.34. The summed E-state index contributed by atoms with van der Waals surface area (Å²) in [5.41, 5.74) is 0.